The lowest BCUT2D eigenvalue weighted by atomic mass is 10.2. The first-order valence-electron chi connectivity index (χ1n) is 8.70. The molecule has 1 aliphatic rings. The summed E-state index contributed by atoms with van der Waals surface area (Å²) in [5, 5.41) is 2.98. The molecule has 0 atom stereocenters. The van der Waals surface area contributed by atoms with Crippen LogP contribution in [0.4, 0.5) is 20.6 Å². The molecule has 1 saturated carbocycles. The summed E-state index contributed by atoms with van der Waals surface area (Å²) in [6, 6.07) is 14.3. The van der Waals surface area contributed by atoms with Crippen LogP contribution >= 0.6 is 0 Å². The maximum absolute atomic E-state index is 13.4. The highest BCUT2D eigenvalue weighted by molar-refractivity contribution is 5.90. The molecule has 0 unspecified atom stereocenters. The maximum atomic E-state index is 13.4. The van der Waals surface area contributed by atoms with Gasteiger partial charge in [-0.15, -0.1) is 0 Å². The molecule has 4 nitrogen and oxygen atoms in total. The first-order chi connectivity index (χ1) is 12.1. The Balaban J connectivity index is 1.71. The molecular formula is C20H24FN3O. The van der Waals surface area contributed by atoms with Gasteiger partial charge in [-0.25, -0.2) is 9.18 Å². The predicted molar refractivity (Wildman–Crippen MR) is 99.4 cm³/mol. The second-order valence-electron chi connectivity index (χ2n) is 6.48. The van der Waals surface area contributed by atoms with Gasteiger partial charge in [-0.3, -0.25) is 0 Å². The summed E-state index contributed by atoms with van der Waals surface area (Å²) in [6.45, 7) is 3.40. The molecule has 0 heterocycles. The van der Waals surface area contributed by atoms with Crippen molar-refractivity contribution in [3.8, 4) is 0 Å². The van der Waals surface area contributed by atoms with Crippen LogP contribution in [0.2, 0.25) is 0 Å². The van der Waals surface area contributed by atoms with Crippen molar-refractivity contribution in [3.05, 3.63) is 59.9 Å². The average molecular weight is 341 g/mol. The number of urea groups is 1. The molecule has 5 heteroatoms. The van der Waals surface area contributed by atoms with Crippen LogP contribution in [-0.4, -0.2) is 30.6 Å². The number of nitrogens with one attached hydrogen (secondary N) is 1. The third kappa shape index (κ3) is 4.50. The van der Waals surface area contributed by atoms with Gasteiger partial charge in [-0.2, -0.15) is 0 Å². The number of rotatable bonds is 6. The average Bonchev–Trinajstić information content (AvgIpc) is 3.44. The molecule has 0 aromatic heterocycles. The zero-order valence-electron chi connectivity index (χ0n) is 14.7. The fourth-order valence-corrected chi connectivity index (χ4v) is 2.78. The number of anilines is 2. The topological polar surface area (TPSA) is 35.6 Å². The van der Waals surface area contributed by atoms with Crippen molar-refractivity contribution in [1.82, 2.24) is 4.90 Å². The number of halogens is 1. The van der Waals surface area contributed by atoms with Crippen LogP contribution in [0.5, 0.6) is 0 Å². The van der Waals surface area contributed by atoms with Crippen molar-refractivity contribution >= 4 is 17.4 Å². The van der Waals surface area contributed by atoms with Crippen molar-refractivity contribution in [3.63, 3.8) is 0 Å². The van der Waals surface area contributed by atoms with Gasteiger partial charge >= 0.3 is 6.03 Å². The van der Waals surface area contributed by atoms with Gasteiger partial charge in [0.1, 0.15) is 5.82 Å². The SMILES string of the molecule is CCN(C)c1cccc(NC(=O)N(Cc2cccc(F)c2)C2CC2)c1. The third-order valence-electron chi connectivity index (χ3n) is 4.50. The van der Waals surface area contributed by atoms with Crippen molar-refractivity contribution in [1.29, 1.82) is 0 Å². The van der Waals surface area contributed by atoms with Crippen molar-refractivity contribution in [2.75, 3.05) is 23.8 Å². The smallest absolute Gasteiger partial charge is 0.322 e. The number of hydrogen-bond acceptors (Lipinski definition) is 2. The van der Waals surface area contributed by atoms with Crippen LogP contribution in [0.1, 0.15) is 25.3 Å². The second-order valence-corrected chi connectivity index (χ2v) is 6.48. The van der Waals surface area contributed by atoms with Gasteiger partial charge in [0.15, 0.2) is 0 Å². The number of hydrogen-bond donors (Lipinski definition) is 1. The zero-order valence-corrected chi connectivity index (χ0v) is 14.7. The lowest BCUT2D eigenvalue weighted by molar-refractivity contribution is 0.206. The largest absolute Gasteiger partial charge is 0.375 e. The summed E-state index contributed by atoms with van der Waals surface area (Å²) >= 11 is 0. The fourth-order valence-electron chi connectivity index (χ4n) is 2.78. The predicted octanol–water partition coefficient (Wildman–Crippen LogP) is 4.48. The number of carbonyl (C=O) groups is 1. The van der Waals surface area contributed by atoms with Gasteiger partial charge in [-0.1, -0.05) is 18.2 Å². The number of amides is 2. The molecule has 1 aliphatic carbocycles. The molecule has 0 saturated heterocycles. The summed E-state index contributed by atoms with van der Waals surface area (Å²) in [6.07, 6.45) is 2.00. The Morgan fingerprint density at radius 3 is 2.64 bits per heavy atom. The molecular weight excluding hydrogens is 317 g/mol. The highest BCUT2D eigenvalue weighted by atomic mass is 19.1. The standard InChI is InChI=1S/C20H24FN3O/c1-3-23(2)19-9-5-8-17(13-19)22-20(25)24(18-10-11-18)14-15-6-4-7-16(21)12-15/h4-9,12-13,18H,3,10-11,14H2,1-2H3,(H,22,25). The highest BCUT2D eigenvalue weighted by Crippen LogP contribution is 2.29. The van der Waals surface area contributed by atoms with Gasteiger partial charge < -0.3 is 15.1 Å². The molecule has 2 amide bonds. The Labute approximate surface area is 148 Å². The number of nitrogens with zero attached hydrogens (tertiary/aromatic N) is 2. The molecule has 1 N–H and O–H groups in total. The fraction of sp³-hybridized carbons (Fsp3) is 0.350. The summed E-state index contributed by atoms with van der Waals surface area (Å²) in [4.78, 5) is 16.7. The quantitative estimate of drug-likeness (QED) is 0.841. The second kappa shape index (κ2) is 7.55. The molecule has 1 fully saturated rings. The molecule has 2 aromatic rings. The highest BCUT2D eigenvalue weighted by Gasteiger charge is 2.32. The molecule has 0 bridgehead atoms. The van der Waals surface area contributed by atoms with Crippen LogP contribution in [0, 0.1) is 5.82 Å². The van der Waals surface area contributed by atoms with Gasteiger partial charge in [0.05, 0.1) is 0 Å². The van der Waals surface area contributed by atoms with Crippen molar-refractivity contribution < 1.29 is 9.18 Å². The van der Waals surface area contributed by atoms with E-state index in [4.69, 9.17) is 0 Å². The van der Waals surface area contributed by atoms with E-state index in [-0.39, 0.29) is 17.9 Å². The van der Waals surface area contributed by atoms with E-state index in [0.717, 1.165) is 36.3 Å². The molecule has 0 radical (unpaired) electrons. The Kier molecular flexibility index (Phi) is 5.22. The van der Waals surface area contributed by atoms with Crippen LogP contribution in [0.3, 0.4) is 0 Å². The molecule has 0 spiro atoms. The summed E-state index contributed by atoms with van der Waals surface area (Å²) in [7, 11) is 2.02. The Hall–Kier alpha value is -2.56. The van der Waals surface area contributed by atoms with E-state index in [1.807, 2.05) is 37.4 Å². The molecule has 2 aromatic carbocycles. The molecule has 3 rings (SSSR count). The molecule has 0 aliphatic heterocycles. The van der Waals surface area contributed by atoms with E-state index in [9.17, 15) is 9.18 Å². The maximum Gasteiger partial charge on any atom is 0.322 e. The summed E-state index contributed by atoms with van der Waals surface area (Å²) < 4.78 is 13.4. The molecule has 132 valence electrons. The molecule has 25 heavy (non-hydrogen) atoms. The Morgan fingerprint density at radius 1 is 1.20 bits per heavy atom. The van der Waals surface area contributed by atoms with Crippen molar-refractivity contribution in [2.45, 2.75) is 32.4 Å². The minimum atomic E-state index is -0.274. The first kappa shape index (κ1) is 17.3. The van der Waals surface area contributed by atoms with Crippen LogP contribution in [0.25, 0.3) is 0 Å². The third-order valence-corrected chi connectivity index (χ3v) is 4.50. The normalized spacial score (nSPS) is 13.4. The van der Waals surface area contributed by atoms with E-state index in [1.54, 1.807) is 11.0 Å². The number of benzene rings is 2. The lowest BCUT2D eigenvalue weighted by Gasteiger charge is -2.24. The van der Waals surface area contributed by atoms with E-state index in [1.165, 1.54) is 12.1 Å². The van der Waals surface area contributed by atoms with Gasteiger partial charge in [0.2, 0.25) is 0 Å². The Morgan fingerprint density at radius 2 is 1.96 bits per heavy atom. The van der Waals surface area contributed by atoms with Crippen LogP contribution in [-0.2, 0) is 6.54 Å². The Bertz CT molecular complexity index is 745. The number of carbonyl (C=O) groups excluding carboxylic acids is 1. The van der Waals surface area contributed by atoms with Crippen LogP contribution < -0.4 is 10.2 Å². The van der Waals surface area contributed by atoms with Crippen LogP contribution in [0.15, 0.2) is 48.5 Å². The van der Waals surface area contributed by atoms with E-state index in [0.29, 0.717) is 6.54 Å². The van der Waals surface area contributed by atoms with Gasteiger partial charge in [0.25, 0.3) is 0 Å². The van der Waals surface area contributed by atoms with Gasteiger partial charge in [0, 0.05) is 37.6 Å². The van der Waals surface area contributed by atoms with E-state index < -0.39 is 0 Å². The van der Waals surface area contributed by atoms with Crippen molar-refractivity contribution in [2.24, 2.45) is 0 Å². The van der Waals surface area contributed by atoms with E-state index in [2.05, 4.69) is 17.1 Å². The monoisotopic (exact) mass is 341 g/mol. The summed E-state index contributed by atoms with van der Waals surface area (Å²) in [5.74, 6) is -0.274. The van der Waals surface area contributed by atoms with E-state index >= 15 is 0 Å². The minimum Gasteiger partial charge on any atom is -0.375 e. The first-order valence-corrected chi connectivity index (χ1v) is 8.70. The zero-order chi connectivity index (χ0) is 17.8. The summed E-state index contributed by atoms with van der Waals surface area (Å²) in [5.41, 5.74) is 2.64. The minimum absolute atomic E-state index is 0.136. The van der Waals surface area contributed by atoms with Gasteiger partial charge in [-0.05, 0) is 55.7 Å². The lowest BCUT2D eigenvalue weighted by Crippen LogP contribution is -2.36.